The van der Waals surface area contributed by atoms with Gasteiger partial charge in [-0.25, -0.2) is 0 Å². The molecule has 66 valence electrons. The van der Waals surface area contributed by atoms with E-state index in [-0.39, 0.29) is 17.7 Å². The van der Waals surface area contributed by atoms with Crippen molar-refractivity contribution in [3.63, 3.8) is 0 Å². The van der Waals surface area contributed by atoms with E-state index in [2.05, 4.69) is 5.32 Å². The van der Waals surface area contributed by atoms with Gasteiger partial charge in [0, 0.05) is 18.9 Å². The number of hydrogen-bond acceptors (Lipinski definition) is 2. The molecule has 0 aromatic heterocycles. The van der Waals surface area contributed by atoms with Crippen LogP contribution in [0.5, 0.6) is 0 Å². The first-order chi connectivity index (χ1) is 5.58. The maximum atomic E-state index is 11.1. The molecule has 1 fully saturated rings. The van der Waals surface area contributed by atoms with E-state index in [4.69, 9.17) is 0 Å². The van der Waals surface area contributed by atoms with Gasteiger partial charge in [0.25, 0.3) is 0 Å². The summed E-state index contributed by atoms with van der Waals surface area (Å²) in [6.07, 6.45) is 2.56. The molecule has 1 heterocycles. The van der Waals surface area contributed by atoms with Crippen molar-refractivity contribution in [2.75, 3.05) is 0 Å². The summed E-state index contributed by atoms with van der Waals surface area (Å²) in [6.45, 7) is 3.77. The van der Waals surface area contributed by atoms with Gasteiger partial charge in [-0.05, 0) is 19.9 Å². The second-order valence-corrected chi connectivity index (χ2v) is 3.36. The van der Waals surface area contributed by atoms with Crippen molar-refractivity contribution in [2.24, 2.45) is 0 Å². The molecule has 0 aliphatic carbocycles. The van der Waals surface area contributed by atoms with E-state index in [1.54, 1.807) is 6.08 Å². The van der Waals surface area contributed by atoms with Crippen molar-refractivity contribution in [2.45, 2.75) is 32.7 Å². The van der Waals surface area contributed by atoms with E-state index in [0.717, 1.165) is 5.57 Å². The zero-order valence-electron chi connectivity index (χ0n) is 7.39. The van der Waals surface area contributed by atoms with Crippen LogP contribution in [0.1, 0.15) is 26.7 Å². The Labute approximate surface area is 71.8 Å². The Hall–Kier alpha value is -1.12. The van der Waals surface area contributed by atoms with Crippen LogP contribution in [-0.4, -0.2) is 17.7 Å². The number of amides is 1. The number of carbonyl (C=O) groups excluding carboxylic acids is 2. The molecule has 12 heavy (non-hydrogen) atoms. The summed E-state index contributed by atoms with van der Waals surface area (Å²) in [7, 11) is 0. The first-order valence-electron chi connectivity index (χ1n) is 4.05. The molecule has 1 saturated heterocycles. The third kappa shape index (κ3) is 2.49. The van der Waals surface area contributed by atoms with Crippen LogP contribution < -0.4 is 5.32 Å². The van der Waals surface area contributed by atoms with Crippen LogP contribution in [0.4, 0.5) is 0 Å². The van der Waals surface area contributed by atoms with E-state index < -0.39 is 0 Å². The summed E-state index contributed by atoms with van der Waals surface area (Å²) < 4.78 is 0. The van der Waals surface area contributed by atoms with Gasteiger partial charge < -0.3 is 5.32 Å². The molecule has 0 aromatic carbocycles. The molecule has 0 aromatic rings. The Bertz CT molecular complexity index is 231. The molecule has 1 rings (SSSR count). The summed E-state index contributed by atoms with van der Waals surface area (Å²) in [4.78, 5) is 21.6. The first-order valence-corrected chi connectivity index (χ1v) is 4.05. The van der Waals surface area contributed by atoms with E-state index in [0.29, 0.717) is 12.8 Å². The Morgan fingerprint density at radius 1 is 1.67 bits per heavy atom. The summed E-state index contributed by atoms with van der Waals surface area (Å²) >= 11 is 0. The Morgan fingerprint density at radius 3 is 2.67 bits per heavy atom. The minimum atomic E-state index is 0.0463. The van der Waals surface area contributed by atoms with Gasteiger partial charge in [0.05, 0.1) is 0 Å². The maximum Gasteiger partial charge on any atom is 0.222 e. The third-order valence-electron chi connectivity index (χ3n) is 1.69. The highest BCUT2D eigenvalue weighted by atomic mass is 16.2. The highest BCUT2D eigenvalue weighted by molar-refractivity contribution is 5.93. The smallest absolute Gasteiger partial charge is 0.222 e. The van der Waals surface area contributed by atoms with Crippen molar-refractivity contribution >= 4 is 11.7 Å². The van der Waals surface area contributed by atoms with Crippen LogP contribution in [0.3, 0.4) is 0 Å². The van der Waals surface area contributed by atoms with E-state index >= 15 is 0 Å². The van der Waals surface area contributed by atoms with Crippen LogP contribution in [0.25, 0.3) is 0 Å². The summed E-state index contributed by atoms with van der Waals surface area (Å²) in [5.74, 6) is 0.144. The van der Waals surface area contributed by atoms with Crippen LogP contribution in [0.2, 0.25) is 0 Å². The van der Waals surface area contributed by atoms with Gasteiger partial charge in [0.1, 0.15) is 0 Å². The Balaban J connectivity index is 2.28. The Kier molecular flexibility index (Phi) is 2.63. The fraction of sp³-hybridized carbons (Fsp3) is 0.556. The van der Waals surface area contributed by atoms with Crippen LogP contribution in [-0.2, 0) is 9.59 Å². The molecule has 1 aliphatic heterocycles. The number of β-lactam (4-membered cyclic amide) rings is 1. The lowest BCUT2D eigenvalue weighted by Gasteiger charge is -2.25. The van der Waals surface area contributed by atoms with Gasteiger partial charge in [-0.3, -0.25) is 9.59 Å². The van der Waals surface area contributed by atoms with Crippen LogP contribution in [0, 0.1) is 0 Å². The molecule has 0 bridgehead atoms. The number of ketones is 1. The highest BCUT2D eigenvalue weighted by Gasteiger charge is 2.26. The number of allylic oxidation sites excluding steroid dienone is 2. The zero-order valence-corrected chi connectivity index (χ0v) is 7.39. The topological polar surface area (TPSA) is 46.2 Å². The molecule has 3 nitrogen and oxygen atoms in total. The second-order valence-electron chi connectivity index (χ2n) is 3.36. The molecule has 3 heteroatoms. The molecular weight excluding hydrogens is 154 g/mol. The predicted molar refractivity (Wildman–Crippen MR) is 45.6 cm³/mol. The summed E-state index contributed by atoms with van der Waals surface area (Å²) in [6, 6.07) is 0.0839. The highest BCUT2D eigenvalue weighted by Crippen LogP contribution is 2.09. The van der Waals surface area contributed by atoms with E-state index in [1.165, 1.54) is 0 Å². The van der Waals surface area contributed by atoms with Crippen LogP contribution >= 0.6 is 0 Å². The monoisotopic (exact) mass is 167 g/mol. The van der Waals surface area contributed by atoms with Gasteiger partial charge in [-0.2, -0.15) is 0 Å². The van der Waals surface area contributed by atoms with Gasteiger partial charge in [-0.15, -0.1) is 0 Å². The first kappa shape index (κ1) is 8.97. The number of rotatable bonds is 3. The molecule has 1 unspecified atom stereocenters. The molecule has 1 amide bonds. The lowest BCUT2D eigenvalue weighted by molar-refractivity contribution is -0.129. The van der Waals surface area contributed by atoms with Crippen molar-refractivity contribution in [3.8, 4) is 0 Å². The summed E-state index contributed by atoms with van der Waals surface area (Å²) in [5.41, 5.74) is 1.01. The van der Waals surface area contributed by atoms with Gasteiger partial charge in [0.2, 0.25) is 5.91 Å². The normalized spacial score (nSPS) is 20.8. The average molecular weight is 167 g/mol. The minimum Gasteiger partial charge on any atom is -0.352 e. The van der Waals surface area contributed by atoms with Gasteiger partial charge >= 0.3 is 0 Å². The van der Waals surface area contributed by atoms with Gasteiger partial charge in [0.15, 0.2) is 5.78 Å². The lowest BCUT2D eigenvalue weighted by Crippen LogP contribution is -2.49. The molecule has 0 spiro atoms. The van der Waals surface area contributed by atoms with Crippen molar-refractivity contribution in [1.29, 1.82) is 0 Å². The quantitative estimate of drug-likeness (QED) is 0.499. The number of hydrogen-bond donors (Lipinski definition) is 1. The van der Waals surface area contributed by atoms with E-state index in [1.807, 2.05) is 13.8 Å². The van der Waals surface area contributed by atoms with Crippen LogP contribution in [0.15, 0.2) is 11.6 Å². The molecule has 1 atom stereocenters. The SMILES string of the molecule is CC(C)=CC(=O)CC1CC(=O)N1. The zero-order chi connectivity index (χ0) is 9.14. The molecule has 0 radical (unpaired) electrons. The maximum absolute atomic E-state index is 11.1. The predicted octanol–water partition coefficient (Wildman–Crippen LogP) is 0.800. The standard InChI is InChI=1S/C9H13NO2/c1-6(2)3-8(11)4-7-5-9(12)10-7/h3,7H,4-5H2,1-2H3,(H,10,12). The molecule has 1 N–H and O–H groups in total. The third-order valence-corrected chi connectivity index (χ3v) is 1.69. The lowest BCUT2D eigenvalue weighted by atomic mass is 9.99. The van der Waals surface area contributed by atoms with E-state index in [9.17, 15) is 9.59 Å². The molecular formula is C9H13NO2. The largest absolute Gasteiger partial charge is 0.352 e. The second kappa shape index (κ2) is 3.52. The average Bonchev–Trinajstić information content (AvgIpc) is 1.82. The van der Waals surface area contributed by atoms with Crippen molar-refractivity contribution in [1.82, 2.24) is 5.32 Å². The summed E-state index contributed by atoms with van der Waals surface area (Å²) in [5, 5.41) is 2.66. The van der Waals surface area contributed by atoms with Crippen molar-refractivity contribution < 1.29 is 9.59 Å². The minimum absolute atomic E-state index is 0.0463. The fourth-order valence-corrected chi connectivity index (χ4v) is 1.18. The van der Waals surface area contributed by atoms with Gasteiger partial charge in [-0.1, -0.05) is 5.57 Å². The fourth-order valence-electron chi connectivity index (χ4n) is 1.18. The number of carbonyl (C=O) groups is 2. The molecule has 0 saturated carbocycles. The molecule has 1 aliphatic rings. The Morgan fingerprint density at radius 2 is 2.25 bits per heavy atom. The van der Waals surface area contributed by atoms with Crippen molar-refractivity contribution in [3.05, 3.63) is 11.6 Å². The number of nitrogens with one attached hydrogen (secondary N) is 1.